The van der Waals surface area contributed by atoms with Gasteiger partial charge in [0, 0.05) is 28.1 Å². The lowest BCUT2D eigenvalue weighted by molar-refractivity contribution is -0.137. The number of carbonyl (C=O) groups is 1. The van der Waals surface area contributed by atoms with Crippen molar-refractivity contribution in [1.29, 1.82) is 0 Å². The smallest absolute Gasteiger partial charge is 0.354 e. The van der Waals surface area contributed by atoms with Crippen LogP contribution in [0.4, 0.5) is 18.9 Å². The standard InChI is InChI=1S/C24H21Cl2F3N2O3S2/c25-21-10-5-11-22(26)20(21)16-35-13-12-30-23(32)15-31(36(33,34)19-8-2-1-3-9-19)18-7-4-6-17(14-18)24(27,28)29/h1-11,14H,12-13,15-16H2,(H,30,32). The molecular formula is C24H21Cl2F3N2O3S2. The highest BCUT2D eigenvalue weighted by Gasteiger charge is 2.33. The summed E-state index contributed by atoms with van der Waals surface area (Å²) in [4.78, 5) is 12.5. The van der Waals surface area contributed by atoms with Gasteiger partial charge in [-0.15, -0.1) is 0 Å². The third-order valence-corrected chi connectivity index (χ3v) is 8.44. The van der Waals surface area contributed by atoms with E-state index >= 15 is 0 Å². The average Bonchev–Trinajstić information content (AvgIpc) is 2.84. The number of sulfonamides is 1. The van der Waals surface area contributed by atoms with Crippen LogP contribution in [0, 0.1) is 0 Å². The van der Waals surface area contributed by atoms with Gasteiger partial charge in [0.2, 0.25) is 5.91 Å². The molecule has 0 aromatic heterocycles. The van der Waals surface area contributed by atoms with Gasteiger partial charge in [-0.3, -0.25) is 9.10 Å². The Kier molecular flexibility index (Phi) is 9.57. The number of amides is 1. The van der Waals surface area contributed by atoms with Crippen LogP contribution in [-0.2, 0) is 26.7 Å². The Balaban J connectivity index is 1.71. The lowest BCUT2D eigenvalue weighted by Crippen LogP contribution is -2.41. The van der Waals surface area contributed by atoms with E-state index in [4.69, 9.17) is 23.2 Å². The van der Waals surface area contributed by atoms with Crippen LogP contribution < -0.4 is 9.62 Å². The van der Waals surface area contributed by atoms with Crippen molar-refractivity contribution < 1.29 is 26.4 Å². The summed E-state index contributed by atoms with van der Waals surface area (Å²) in [5, 5.41) is 3.67. The quantitative estimate of drug-likeness (QED) is 0.289. The normalized spacial score (nSPS) is 11.8. The van der Waals surface area contributed by atoms with Gasteiger partial charge in [0.25, 0.3) is 10.0 Å². The zero-order chi connectivity index (χ0) is 26.3. The van der Waals surface area contributed by atoms with Crippen LogP contribution in [0.3, 0.4) is 0 Å². The van der Waals surface area contributed by atoms with Gasteiger partial charge >= 0.3 is 6.18 Å². The fourth-order valence-electron chi connectivity index (χ4n) is 3.17. The van der Waals surface area contributed by atoms with Crippen molar-refractivity contribution in [2.45, 2.75) is 16.8 Å². The van der Waals surface area contributed by atoms with E-state index < -0.39 is 34.2 Å². The molecular weight excluding hydrogens is 556 g/mol. The molecule has 0 spiro atoms. The first-order valence-electron chi connectivity index (χ1n) is 10.5. The summed E-state index contributed by atoms with van der Waals surface area (Å²) in [6.45, 7) is -0.493. The number of alkyl halides is 3. The molecule has 0 heterocycles. The van der Waals surface area contributed by atoms with E-state index in [-0.39, 0.29) is 17.1 Å². The topological polar surface area (TPSA) is 66.5 Å². The number of thioether (sulfide) groups is 1. The minimum Gasteiger partial charge on any atom is -0.354 e. The Hall–Kier alpha value is -2.40. The molecule has 36 heavy (non-hydrogen) atoms. The van der Waals surface area contributed by atoms with E-state index in [2.05, 4.69) is 5.32 Å². The van der Waals surface area contributed by atoms with E-state index in [0.29, 0.717) is 31.9 Å². The van der Waals surface area contributed by atoms with E-state index in [1.807, 2.05) is 0 Å². The van der Waals surface area contributed by atoms with E-state index in [1.54, 1.807) is 24.3 Å². The van der Waals surface area contributed by atoms with Crippen LogP contribution in [-0.4, -0.2) is 33.2 Å². The minimum atomic E-state index is -4.68. The maximum atomic E-state index is 13.3. The van der Waals surface area contributed by atoms with Crippen molar-refractivity contribution in [3.05, 3.63) is 94.0 Å². The molecule has 0 bridgehead atoms. The number of nitrogens with zero attached hydrogens (tertiary/aromatic N) is 1. The summed E-state index contributed by atoms with van der Waals surface area (Å²) < 4.78 is 67.0. The molecule has 3 aromatic rings. The summed E-state index contributed by atoms with van der Waals surface area (Å²) in [6.07, 6.45) is -4.68. The van der Waals surface area contributed by atoms with Crippen molar-refractivity contribution in [2.75, 3.05) is 23.1 Å². The molecule has 0 saturated carbocycles. The highest BCUT2D eigenvalue weighted by Crippen LogP contribution is 2.33. The van der Waals surface area contributed by atoms with E-state index in [1.165, 1.54) is 42.1 Å². The zero-order valence-electron chi connectivity index (χ0n) is 18.6. The average molecular weight is 577 g/mol. The molecule has 0 aliphatic heterocycles. The van der Waals surface area contributed by atoms with Gasteiger partial charge in [0.15, 0.2) is 0 Å². The highest BCUT2D eigenvalue weighted by molar-refractivity contribution is 7.98. The number of carbonyl (C=O) groups excluding carboxylic acids is 1. The second-order valence-corrected chi connectivity index (χ2v) is 11.3. The number of rotatable bonds is 10. The molecule has 1 N–H and O–H groups in total. The molecule has 0 fully saturated rings. The van der Waals surface area contributed by atoms with Crippen LogP contribution >= 0.6 is 35.0 Å². The van der Waals surface area contributed by atoms with Crippen molar-refractivity contribution in [3.63, 3.8) is 0 Å². The zero-order valence-corrected chi connectivity index (χ0v) is 21.8. The van der Waals surface area contributed by atoms with Crippen LogP contribution in [0.2, 0.25) is 10.0 Å². The molecule has 5 nitrogen and oxygen atoms in total. The SMILES string of the molecule is O=C(CN(c1cccc(C(F)(F)F)c1)S(=O)(=O)c1ccccc1)NCCSCc1c(Cl)cccc1Cl. The summed E-state index contributed by atoms with van der Waals surface area (Å²) in [5.41, 5.74) is -0.531. The second kappa shape index (κ2) is 12.2. The highest BCUT2D eigenvalue weighted by atomic mass is 35.5. The molecule has 0 saturated heterocycles. The summed E-state index contributed by atoms with van der Waals surface area (Å²) >= 11 is 13.7. The van der Waals surface area contributed by atoms with Crippen molar-refractivity contribution in [3.8, 4) is 0 Å². The van der Waals surface area contributed by atoms with Crippen LogP contribution in [0.1, 0.15) is 11.1 Å². The first-order chi connectivity index (χ1) is 17.0. The lowest BCUT2D eigenvalue weighted by atomic mass is 10.2. The van der Waals surface area contributed by atoms with Crippen LogP contribution in [0.25, 0.3) is 0 Å². The first kappa shape index (κ1) is 28.2. The molecule has 0 aliphatic carbocycles. The summed E-state index contributed by atoms with van der Waals surface area (Å²) in [5.74, 6) is 0.318. The Bertz CT molecular complexity index is 1290. The maximum absolute atomic E-state index is 13.3. The van der Waals surface area contributed by atoms with Gasteiger partial charge < -0.3 is 5.32 Å². The fraction of sp³-hybridized carbons (Fsp3) is 0.208. The predicted molar refractivity (Wildman–Crippen MR) is 138 cm³/mol. The molecule has 0 aliphatic rings. The van der Waals surface area contributed by atoms with Gasteiger partial charge in [-0.1, -0.05) is 53.5 Å². The Labute approximate surface area is 221 Å². The van der Waals surface area contributed by atoms with E-state index in [0.717, 1.165) is 17.7 Å². The Morgan fingerprint density at radius 2 is 1.58 bits per heavy atom. The Morgan fingerprint density at radius 1 is 0.944 bits per heavy atom. The van der Waals surface area contributed by atoms with Crippen molar-refractivity contribution in [1.82, 2.24) is 5.32 Å². The fourth-order valence-corrected chi connectivity index (χ4v) is 6.19. The number of anilines is 1. The molecule has 0 atom stereocenters. The first-order valence-corrected chi connectivity index (χ1v) is 13.9. The maximum Gasteiger partial charge on any atom is 0.416 e. The van der Waals surface area contributed by atoms with Crippen molar-refractivity contribution >= 4 is 56.6 Å². The molecule has 0 radical (unpaired) electrons. The predicted octanol–water partition coefficient (Wildman–Crippen LogP) is 6.26. The van der Waals surface area contributed by atoms with Crippen LogP contribution in [0.5, 0.6) is 0 Å². The van der Waals surface area contributed by atoms with Gasteiger partial charge in [0.1, 0.15) is 6.54 Å². The van der Waals surface area contributed by atoms with Gasteiger partial charge in [-0.2, -0.15) is 24.9 Å². The number of nitrogens with one attached hydrogen (secondary N) is 1. The van der Waals surface area contributed by atoms with Gasteiger partial charge in [-0.05, 0) is 48.0 Å². The van der Waals surface area contributed by atoms with Gasteiger partial charge in [0.05, 0.1) is 16.1 Å². The second-order valence-electron chi connectivity index (χ2n) is 7.48. The molecule has 3 aromatic carbocycles. The molecule has 192 valence electrons. The summed E-state index contributed by atoms with van der Waals surface area (Å²) in [6, 6.07) is 16.2. The third kappa shape index (κ3) is 7.32. The molecule has 0 unspecified atom stereocenters. The molecule has 1 amide bonds. The van der Waals surface area contributed by atoms with Crippen molar-refractivity contribution in [2.24, 2.45) is 0 Å². The third-order valence-electron chi connectivity index (χ3n) is 4.96. The lowest BCUT2D eigenvalue weighted by Gasteiger charge is -2.25. The monoisotopic (exact) mass is 576 g/mol. The van der Waals surface area contributed by atoms with Gasteiger partial charge in [-0.25, -0.2) is 8.42 Å². The Morgan fingerprint density at radius 3 is 2.22 bits per heavy atom. The molecule has 3 rings (SSSR count). The van der Waals surface area contributed by atoms with E-state index in [9.17, 15) is 26.4 Å². The largest absolute Gasteiger partial charge is 0.416 e. The number of hydrogen-bond acceptors (Lipinski definition) is 4. The summed E-state index contributed by atoms with van der Waals surface area (Å²) in [7, 11) is -4.32. The minimum absolute atomic E-state index is 0.151. The molecule has 12 heteroatoms. The number of benzene rings is 3. The number of hydrogen-bond donors (Lipinski definition) is 1. The number of halogens is 5. The van der Waals surface area contributed by atoms with Crippen LogP contribution in [0.15, 0.2) is 77.7 Å².